The number of carbonyl (C=O) groups is 1. The van der Waals surface area contributed by atoms with Gasteiger partial charge < -0.3 is 14.6 Å². The van der Waals surface area contributed by atoms with Crippen molar-refractivity contribution in [2.24, 2.45) is 11.8 Å². The highest BCUT2D eigenvalue weighted by atomic mass is 19.4. The predicted molar refractivity (Wildman–Crippen MR) is 117 cm³/mol. The number of carboxylic acid groups (broad SMARTS) is 1. The topological polar surface area (TPSA) is 59.0 Å². The standard InChI is InChI=1S/C26H26F3NO4/c27-26(28,29)22-5-3-20-19(21(22)12-30-10-14-7-15(14)11-30)4-6-23(20)34-17-1-2-18-16(8-25(31)32)13-33-24(18)9-17/h1-3,5,9,14-16,23H,4,6-8,10-13H2,(H,31,32)/t14?,15?,16-,23-/m1/s1. The molecule has 34 heavy (non-hydrogen) atoms. The number of benzene rings is 2. The van der Waals surface area contributed by atoms with Gasteiger partial charge in [-0.2, -0.15) is 13.2 Å². The molecule has 0 amide bonds. The van der Waals surface area contributed by atoms with Crippen molar-refractivity contribution in [2.75, 3.05) is 19.7 Å². The minimum Gasteiger partial charge on any atom is -0.492 e. The molecule has 0 bridgehead atoms. The van der Waals surface area contributed by atoms with Gasteiger partial charge in [-0.15, -0.1) is 0 Å². The highest BCUT2D eigenvalue weighted by Gasteiger charge is 2.46. The van der Waals surface area contributed by atoms with Crippen molar-refractivity contribution in [3.63, 3.8) is 0 Å². The van der Waals surface area contributed by atoms with Gasteiger partial charge in [0, 0.05) is 37.2 Å². The van der Waals surface area contributed by atoms with Gasteiger partial charge in [-0.05, 0) is 59.9 Å². The molecule has 180 valence electrons. The number of alkyl halides is 3. The molecule has 2 fully saturated rings. The summed E-state index contributed by atoms with van der Waals surface area (Å²) in [5.74, 6) is 1.47. The molecule has 1 saturated heterocycles. The lowest BCUT2D eigenvalue weighted by Crippen LogP contribution is -2.25. The molecule has 2 aliphatic heterocycles. The Morgan fingerprint density at radius 2 is 1.91 bits per heavy atom. The van der Waals surface area contributed by atoms with E-state index in [0.29, 0.717) is 54.9 Å². The summed E-state index contributed by atoms with van der Waals surface area (Å²) in [6, 6.07) is 8.18. The second kappa shape index (κ2) is 7.90. The van der Waals surface area contributed by atoms with Gasteiger partial charge >= 0.3 is 12.1 Å². The van der Waals surface area contributed by atoms with Crippen LogP contribution >= 0.6 is 0 Å². The molecule has 0 aromatic heterocycles. The Morgan fingerprint density at radius 3 is 2.65 bits per heavy atom. The number of rotatable bonds is 6. The molecule has 0 radical (unpaired) electrons. The SMILES string of the molecule is O=C(O)C[C@@H]1COc2cc(O[C@@H]3CCc4c3ccc(C(F)(F)F)c4CN3CC4CC4C3)ccc21. The lowest BCUT2D eigenvalue weighted by Gasteiger charge is -2.24. The minimum atomic E-state index is -4.38. The summed E-state index contributed by atoms with van der Waals surface area (Å²) in [4.78, 5) is 13.2. The molecule has 2 aliphatic carbocycles. The molecule has 4 aliphatic rings. The Balaban J connectivity index is 1.25. The van der Waals surface area contributed by atoms with Crippen LogP contribution in [0.2, 0.25) is 0 Å². The summed E-state index contributed by atoms with van der Waals surface area (Å²) in [7, 11) is 0. The number of piperidine rings is 1. The Labute approximate surface area is 195 Å². The van der Waals surface area contributed by atoms with Gasteiger partial charge in [-0.25, -0.2) is 0 Å². The fraction of sp³-hybridized carbons (Fsp3) is 0.500. The fourth-order valence-corrected chi connectivity index (χ4v) is 6.03. The quantitative estimate of drug-likeness (QED) is 0.627. The molecule has 4 atom stereocenters. The van der Waals surface area contributed by atoms with E-state index in [0.717, 1.165) is 29.8 Å². The maximum atomic E-state index is 13.9. The number of hydrogen-bond acceptors (Lipinski definition) is 4. The Morgan fingerprint density at radius 1 is 1.15 bits per heavy atom. The smallest absolute Gasteiger partial charge is 0.416 e. The third kappa shape index (κ3) is 3.91. The van der Waals surface area contributed by atoms with Crippen LogP contribution in [-0.2, 0) is 23.9 Å². The Bertz CT molecular complexity index is 1140. The van der Waals surface area contributed by atoms with Crippen LogP contribution in [0.4, 0.5) is 13.2 Å². The summed E-state index contributed by atoms with van der Waals surface area (Å²) in [5, 5.41) is 9.08. The van der Waals surface area contributed by atoms with Crippen molar-refractivity contribution < 1.29 is 32.5 Å². The molecule has 2 unspecified atom stereocenters. The van der Waals surface area contributed by atoms with Crippen LogP contribution in [0.15, 0.2) is 30.3 Å². The highest BCUT2D eigenvalue weighted by Crippen LogP contribution is 2.48. The monoisotopic (exact) mass is 473 g/mol. The van der Waals surface area contributed by atoms with Gasteiger partial charge in [0.15, 0.2) is 0 Å². The zero-order chi connectivity index (χ0) is 23.6. The number of ether oxygens (including phenoxy) is 2. The van der Waals surface area contributed by atoms with E-state index in [2.05, 4.69) is 4.90 Å². The zero-order valence-corrected chi connectivity index (χ0v) is 18.6. The number of nitrogens with zero attached hydrogens (tertiary/aromatic N) is 1. The first-order valence-corrected chi connectivity index (χ1v) is 11.9. The normalized spacial score (nSPS) is 27.1. The summed E-state index contributed by atoms with van der Waals surface area (Å²) in [5.41, 5.74) is 2.34. The molecule has 5 nitrogen and oxygen atoms in total. The van der Waals surface area contributed by atoms with Crippen LogP contribution < -0.4 is 9.47 Å². The van der Waals surface area contributed by atoms with Crippen LogP contribution in [0.25, 0.3) is 0 Å². The molecular formula is C26H26F3NO4. The van der Waals surface area contributed by atoms with Gasteiger partial charge in [-0.1, -0.05) is 12.1 Å². The van der Waals surface area contributed by atoms with Crippen molar-refractivity contribution in [1.82, 2.24) is 4.90 Å². The van der Waals surface area contributed by atoms with Gasteiger partial charge in [0.05, 0.1) is 18.6 Å². The summed E-state index contributed by atoms with van der Waals surface area (Å²) in [6.07, 6.45) is -2.30. The first kappa shape index (κ1) is 21.8. The number of aliphatic carboxylic acids is 1. The largest absolute Gasteiger partial charge is 0.492 e. The van der Waals surface area contributed by atoms with Crippen LogP contribution in [0.5, 0.6) is 11.5 Å². The molecule has 2 heterocycles. The lowest BCUT2D eigenvalue weighted by molar-refractivity contribution is -0.139. The number of hydrogen-bond donors (Lipinski definition) is 1. The maximum Gasteiger partial charge on any atom is 0.416 e. The van der Waals surface area contributed by atoms with Gasteiger partial charge in [0.1, 0.15) is 17.6 Å². The average molecular weight is 473 g/mol. The molecule has 2 aromatic rings. The number of carboxylic acids is 1. The van der Waals surface area contributed by atoms with Crippen molar-refractivity contribution in [2.45, 2.75) is 50.4 Å². The van der Waals surface area contributed by atoms with E-state index in [4.69, 9.17) is 14.6 Å². The van der Waals surface area contributed by atoms with Crippen LogP contribution in [0, 0.1) is 11.8 Å². The zero-order valence-electron chi connectivity index (χ0n) is 18.6. The predicted octanol–water partition coefficient (Wildman–Crippen LogP) is 5.17. The van der Waals surface area contributed by atoms with Crippen molar-refractivity contribution in [1.29, 1.82) is 0 Å². The summed E-state index contributed by atoms with van der Waals surface area (Å²) < 4.78 is 53.5. The third-order valence-corrected chi connectivity index (χ3v) is 7.78. The molecule has 6 rings (SSSR count). The van der Waals surface area contributed by atoms with Crippen molar-refractivity contribution in [3.8, 4) is 11.5 Å². The number of fused-ring (bicyclic) bond motifs is 3. The van der Waals surface area contributed by atoms with E-state index >= 15 is 0 Å². The fourth-order valence-electron chi connectivity index (χ4n) is 6.03. The maximum absolute atomic E-state index is 13.9. The van der Waals surface area contributed by atoms with Gasteiger partial charge in [-0.3, -0.25) is 9.69 Å². The lowest BCUT2D eigenvalue weighted by atomic mass is 9.96. The number of likely N-dealkylation sites (tertiary alicyclic amines) is 1. The third-order valence-electron chi connectivity index (χ3n) is 7.78. The second-order valence-electron chi connectivity index (χ2n) is 10.1. The van der Waals surface area contributed by atoms with E-state index in [1.807, 2.05) is 6.07 Å². The van der Waals surface area contributed by atoms with E-state index in [9.17, 15) is 18.0 Å². The van der Waals surface area contributed by atoms with Gasteiger partial charge in [0.25, 0.3) is 0 Å². The second-order valence-corrected chi connectivity index (χ2v) is 10.1. The van der Waals surface area contributed by atoms with E-state index in [-0.39, 0.29) is 18.4 Å². The number of halogens is 3. The molecule has 1 saturated carbocycles. The Hall–Kier alpha value is -2.74. The molecule has 0 spiro atoms. The average Bonchev–Trinajstić information content (AvgIpc) is 3.10. The first-order chi connectivity index (χ1) is 16.3. The first-order valence-electron chi connectivity index (χ1n) is 11.9. The van der Waals surface area contributed by atoms with Crippen molar-refractivity contribution in [3.05, 3.63) is 58.1 Å². The highest BCUT2D eigenvalue weighted by molar-refractivity contribution is 5.68. The molecule has 1 N–H and O–H groups in total. The van der Waals surface area contributed by atoms with Crippen LogP contribution in [0.1, 0.15) is 59.1 Å². The van der Waals surface area contributed by atoms with E-state index in [1.165, 1.54) is 12.5 Å². The molecular weight excluding hydrogens is 447 g/mol. The van der Waals surface area contributed by atoms with Gasteiger partial charge in [0.2, 0.25) is 0 Å². The minimum absolute atomic E-state index is 0.00598. The summed E-state index contributed by atoms with van der Waals surface area (Å²) in [6.45, 7) is 2.45. The van der Waals surface area contributed by atoms with E-state index in [1.54, 1.807) is 18.2 Å². The Kier molecular flexibility index (Phi) is 5.06. The summed E-state index contributed by atoms with van der Waals surface area (Å²) >= 11 is 0. The van der Waals surface area contributed by atoms with Crippen molar-refractivity contribution >= 4 is 5.97 Å². The van der Waals surface area contributed by atoms with E-state index < -0.39 is 17.7 Å². The van der Waals surface area contributed by atoms with Crippen LogP contribution in [0.3, 0.4) is 0 Å². The molecule has 2 aromatic carbocycles. The molecule has 8 heteroatoms. The van der Waals surface area contributed by atoms with Crippen LogP contribution in [-0.4, -0.2) is 35.7 Å².